The first-order valence-electron chi connectivity index (χ1n) is 8.55. The zero-order valence-electron chi connectivity index (χ0n) is 12.7. The van der Waals surface area contributed by atoms with Crippen molar-refractivity contribution in [3.8, 4) is 0 Å². The van der Waals surface area contributed by atoms with E-state index >= 15 is 0 Å². The molecule has 2 nitrogen and oxygen atoms in total. The molecule has 0 bridgehead atoms. The first kappa shape index (κ1) is 12.4. The maximum Gasteiger partial charge on any atom is 0.156 e. The maximum absolute atomic E-state index is 12.5. The van der Waals surface area contributed by atoms with Crippen molar-refractivity contribution in [3.63, 3.8) is 0 Å². The lowest BCUT2D eigenvalue weighted by Crippen LogP contribution is -2.44. The van der Waals surface area contributed by atoms with Crippen LogP contribution in [-0.2, 0) is 9.59 Å². The Bertz CT molecular complexity index is 652. The third-order valence-corrected chi connectivity index (χ3v) is 7.60. The Hall–Kier alpha value is -1.18. The van der Waals surface area contributed by atoms with Crippen LogP contribution in [0.2, 0.25) is 0 Å². The summed E-state index contributed by atoms with van der Waals surface area (Å²) in [6.45, 7) is 2.26. The van der Waals surface area contributed by atoms with Gasteiger partial charge in [0.05, 0.1) is 0 Å². The van der Waals surface area contributed by atoms with E-state index in [9.17, 15) is 9.59 Å². The van der Waals surface area contributed by atoms with Crippen molar-refractivity contribution in [1.82, 2.24) is 0 Å². The molecule has 3 fully saturated rings. The highest BCUT2D eigenvalue weighted by Crippen LogP contribution is 2.79. The van der Waals surface area contributed by atoms with Crippen LogP contribution in [0.15, 0.2) is 22.8 Å². The van der Waals surface area contributed by atoms with Crippen LogP contribution in [0, 0.1) is 22.7 Å². The van der Waals surface area contributed by atoms with Gasteiger partial charge in [-0.1, -0.05) is 12.5 Å². The summed E-state index contributed by atoms with van der Waals surface area (Å²) >= 11 is 0. The van der Waals surface area contributed by atoms with Crippen molar-refractivity contribution >= 4 is 11.6 Å². The van der Waals surface area contributed by atoms with E-state index in [4.69, 9.17) is 0 Å². The van der Waals surface area contributed by atoms with Crippen LogP contribution in [0.4, 0.5) is 0 Å². The first-order chi connectivity index (χ1) is 10.1. The number of ketones is 2. The highest BCUT2D eigenvalue weighted by atomic mass is 16.1. The number of carbonyl (C=O) groups is 2. The van der Waals surface area contributed by atoms with Crippen molar-refractivity contribution in [2.75, 3.05) is 0 Å². The van der Waals surface area contributed by atoms with Gasteiger partial charge < -0.3 is 0 Å². The fourth-order valence-corrected chi connectivity index (χ4v) is 6.49. The Morgan fingerprint density at radius 1 is 1.14 bits per heavy atom. The van der Waals surface area contributed by atoms with Gasteiger partial charge in [-0.25, -0.2) is 0 Å². The van der Waals surface area contributed by atoms with Crippen molar-refractivity contribution in [2.45, 2.75) is 58.3 Å². The lowest BCUT2D eigenvalue weighted by Gasteiger charge is -2.48. The summed E-state index contributed by atoms with van der Waals surface area (Å²) in [6.07, 6.45) is 10.1. The molecule has 0 amide bonds. The predicted octanol–water partition coefficient (Wildman–Crippen LogP) is 3.76. The summed E-state index contributed by atoms with van der Waals surface area (Å²) in [4.78, 5) is 24.2. The Balaban J connectivity index is 1.64. The maximum atomic E-state index is 12.5. The molecule has 0 N–H and O–H groups in total. The summed E-state index contributed by atoms with van der Waals surface area (Å²) in [5, 5.41) is 0. The molecule has 0 aromatic carbocycles. The van der Waals surface area contributed by atoms with Gasteiger partial charge in [-0.2, -0.15) is 0 Å². The second-order valence-corrected chi connectivity index (χ2v) is 8.13. The van der Waals surface area contributed by atoms with Crippen molar-refractivity contribution in [3.05, 3.63) is 22.8 Å². The fraction of sp³-hybridized carbons (Fsp3) is 0.684. The molecular formula is C19H22O2. The molecule has 110 valence electrons. The quantitative estimate of drug-likeness (QED) is 0.678. The third-order valence-electron chi connectivity index (χ3n) is 7.60. The molecule has 0 aromatic rings. The molecule has 0 heterocycles. The van der Waals surface area contributed by atoms with Crippen LogP contribution in [0.25, 0.3) is 0 Å². The minimum absolute atomic E-state index is 0.0297. The van der Waals surface area contributed by atoms with Gasteiger partial charge in [0.25, 0.3) is 0 Å². The molecule has 4 atom stereocenters. The summed E-state index contributed by atoms with van der Waals surface area (Å²) in [6, 6.07) is 0. The Kier molecular flexibility index (Phi) is 2.11. The first-order valence-corrected chi connectivity index (χ1v) is 8.55. The molecule has 0 saturated heterocycles. The van der Waals surface area contributed by atoms with Crippen LogP contribution in [0.5, 0.6) is 0 Å². The van der Waals surface area contributed by atoms with E-state index in [1.807, 2.05) is 6.08 Å². The molecule has 0 aromatic heterocycles. The Labute approximate surface area is 125 Å². The van der Waals surface area contributed by atoms with Crippen molar-refractivity contribution in [1.29, 1.82) is 0 Å². The number of allylic oxidation sites excluding steroid dienone is 4. The molecule has 1 spiro atoms. The van der Waals surface area contributed by atoms with Crippen molar-refractivity contribution in [2.24, 2.45) is 22.7 Å². The molecular weight excluding hydrogens is 260 g/mol. The van der Waals surface area contributed by atoms with E-state index in [2.05, 4.69) is 6.92 Å². The molecule has 3 saturated carbocycles. The van der Waals surface area contributed by atoms with E-state index in [1.165, 1.54) is 24.0 Å². The van der Waals surface area contributed by atoms with E-state index in [0.29, 0.717) is 35.2 Å². The molecule has 0 radical (unpaired) electrons. The largest absolute Gasteiger partial charge is 0.299 e. The lowest BCUT2D eigenvalue weighted by atomic mass is 9.54. The van der Waals surface area contributed by atoms with Gasteiger partial charge in [0.2, 0.25) is 0 Å². The molecule has 5 aliphatic rings. The summed E-state index contributed by atoms with van der Waals surface area (Å²) < 4.78 is 0. The van der Waals surface area contributed by atoms with Gasteiger partial charge in [-0.3, -0.25) is 9.59 Å². The summed E-state index contributed by atoms with van der Waals surface area (Å²) in [5.41, 5.74) is 4.79. The lowest BCUT2D eigenvalue weighted by molar-refractivity contribution is -0.130. The van der Waals surface area contributed by atoms with E-state index < -0.39 is 0 Å². The smallest absolute Gasteiger partial charge is 0.156 e. The third kappa shape index (κ3) is 1.27. The minimum Gasteiger partial charge on any atom is -0.299 e. The minimum atomic E-state index is -0.0297. The summed E-state index contributed by atoms with van der Waals surface area (Å²) in [7, 11) is 0. The number of fused-ring (bicyclic) bond motifs is 2. The standard InChI is InChI=1S/C19H22O2/c1-18-7-6-15-14-4-3-13(20)8-11(14)2-5-16(15)19(18)10-12(19)9-17(18)21/h8,12,16H,2-7,9-10H2,1H3/t12-,16-,18-,19+/m1/s1. The average Bonchev–Trinajstić information content (AvgIpc) is 3.12. The molecule has 5 aliphatic carbocycles. The zero-order valence-corrected chi connectivity index (χ0v) is 12.7. The second kappa shape index (κ2) is 3.59. The van der Waals surface area contributed by atoms with Crippen LogP contribution in [0.3, 0.4) is 0 Å². The van der Waals surface area contributed by atoms with Crippen molar-refractivity contribution < 1.29 is 9.59 Å². The Morgan fingerprint density at radius 3 is 2.86 bits per heavy atom. The SMILES string of the molecule is C[C@]12CCC3=C4CCC(=O)C=C4CC[C@H]3[C@@]13C[C@H]3CC2=O. The molecule has 0 aliphatic heterocycles. The molecule has 2 heteroatoms. The van der Waals surface area contributed by atoms with Gasteiger partial charge in [0.1, 0.15) is 5.78 Å². The average molecular weight is 282 g/mol. The van der Waals surface area contributed by atoms with Crippen LogP contribution >= 0.6 is 0 Å². The number of hydrogen-bond acceptors (Lipinski definition) is 2. The predicted molar refractivity (Wildman–Crippen MR) is 79.6 cm³/mol. The van der Waals surface area contributed by atoms with E-state index in [1.54, 1.807) is 5.57 Å². The van der Waals surface area contributed by atoms with Crippen LogP contribution < -0.4 is 0 Å². The van der Waals surface area contributed by atoms with Crippen LogP contribution in [0.1, 0.15) is 58.3 Å². The van der Waals surface area contributed by atoms with Gasteiger partial charge in [-0.05, 0) is 73.0 Å². The second-order valence-electron chi connectivity index (χ2n) is 8.13. The summed E-state index contributed by atoms with van der Waals surface area (Å²) in [5.74, 6) is 2.18. The van der Waals surface area contributed by atoms with E-state index in [-0.39, 0.29) is 5.41 Å². The topological polar surface area (TPSA) is 34.1 Å². The number of hydrogen-bond donors (Lipinski definition) is 0. The van der Waals surface area contributed by atoms with Gasteiger partial charge >= 0.3 is 0 Å². The zero-order chi connectivity index (χ0) is 14.4. The Morgan fingerprint density at radius 2 is 2.00 bits per heavy atom. The normalized spacial score (nSPS) is 47.4. The van der Waals surface area contributed by atoms with Crippen LogP contribution in [-0.4, -0.2) is 11.6 Å². The highest BCUT2D eigenvalue weighted by Gasteiger charge is 2.76. The van der Waals surface area contributed by atoms with Gasteiger partial charge in [0.15, 0.2) is 5.78 Å². The number of rotatable bonds is 0. The monoisotopic (exact) mass is 282 g/mol. The molecule has 5 rings (SSSR count). The fourth-order valence-electron chi connectivity index (χ4n) is 6.49. The van der Waals surface area contributed by atoms with Gasteiger partial charge in [-0.15, -0.1) is 0 Å². The highest BCUT2D eigenvalue weighted by molar-refractivity contribution is 5.93. The number of Topliss-reactive ketones (excluding diaryl/α,β-unsaturated/α-hetero) is 1. The molecule has 0 unspecified atom stereocenters. The van der Waals surface area contributed by atoms with Gasteiger partial charge in [0, 0.05) is 18.3 Å². The molecule has 21 heavy (non-hydrogen) atoms. The van der Waals surface area contributed by atoms with E-state index in [0.717, 1.165) is 32.1 Å². The number of carbonyl (C=O) groups excluding carboxylic acids is 2.